The maximum Gasteiger partial charge on any atom is 0.223 e. The van der Waals surface area contributed by atoms with Gasteiger partial charge < -0.3 is 19.5 Å². The van der Waals surface area contributed by atoms with Gasteiger partial charge in [0.2, 0.25) is 5.91 Å². The third kappa shape index (κ3) is 6.48. The molecule has 0 saturated carbocycles. The Hall–Kier alpha value is -2.57. The molecule has 1 atom stereocenters. The van der Waals surface area contributed by atoms with Gasteiger partial charge in [0.1, 0.15) is 11.5 Å². The molecule has 1 aliphatic heterocycles. The number of benzene rings is 2. The van der Waals surface area contributed by atoms with E-state index in [1.54, 1.807) is 7.11 Å². The van der Waals surface area contributed by atoms with Crippen LogP contribution in [0.15, 0.2) is 48.5 Å². The van der Waals surface area contributed by atoms with Crippen LogP contribution in [0.2, 0.25) is 0 Å². The van der Waals surface area contributed by atoms with Gasteiger partial charge in [-0.2, -0.15) is 0 Å². The predicted molar refractivity (Wildman–Crippen MR) is 112 cm³/mol. The Morgan fingerprint density at radius 3 is 2.38 bits per heavy atom. The van der Waals surface area contributed by atoms with Crippen LogP contribution in [-0.4, -0.2) is 57.4 Å². The van der Waals surface area contributed by atoms with Gasteiger partial charge in [0.15, 0.2) is 0 Å². The first kappa shape index (κ1) is 21.1. The summed E-state index contributed by atoms with van der Waals surface area (Å²) in [4.78, 5) is 14.7. The van der Waals surface area contributed by atoms with Crippen LogP contribution in [0.1, 0.15) is 23.6 Å². The second-order valence-corrected chi connectivity index (χ2v) is 7.15. The molecule has 1 fully saturated rings. The first-order valence-electron chi connectivity index (χ1n) is 10.1. The zero-order valence-corrected chi connectivity index (χ0v) is 17.2. The Balaban J connectivity index is 1.52. The van der Waals surface area contributed by atoms with Crippen LogP contribution < -0.4 is 14.8 Å². The lowest BCUT2D eigenvalue weighted by molar-refractivity contribution is -0.121. The number of aryl methyl sites for hydroxylation is 1. The van der Waals surface area contributed by atoms with E-state index in [1.807, 2.05) is 43.3 Å². The number of methoxy groups -OCH3 is 1. The minimum Gasteiger partial charge on any atom is -0.497 e. The van der Waals surface area contributed by atoms with Gasteiger partial charge in [-0.3, -0.25) is 9.69 Å². The number of carbonyl (C=O) groups is 1. The lowest BCUT2D eigenvalue weighted by atomic mass is 10.0. The number of hydrogen-bond donors (Lipinski definition) is 1. The summed E-state index contributed by atoms with van der Waals surface area (Å²) in [5.74, 6) is 1.60. The molecule has 1 N–H and O–H groups in total. The fourth-order valence-electron chi connectivity index (χ4n) is 3.37. The first-order valence-corrected chi connectivity index (χ1v) is 10.1. The number of ether oxygens (including phenoxy) is 3. The van der Waals surface area contributed by atoms with Crippen molar-refractivity contribution in [1.82, 2.24) is 10.2 Å². The molecule has 3 rings (SSSR count). The molecule has 1 saturated heterocycles. The lowest BCUT2D eigenvalue weighted by Crippen LogP contribution is -2.44. The fourth-order valence-corrected chi connectivity index (χ4v) is 3.37. The van der Waals surface area contributed by atoms with E-state index in [1.165, 1.54) is 5.56 Å². The Labute approximate surface area is 172 Å². The largest absolute Gasteiger partial charge is 0.497 e. The Bertz CT molecular complexity index is 755. The maximum atomic E-state index is 12.4. The minimum atomic E-state index is -0.0103. The fraction of sp³-hybridized carbons (Fsp3) is 0.435. The summed E-state index contributed by atoms with van der Waals surface area (Å²) >= 11 is 0. The molecule has 29 heavy (non-hydrogen) atoms. The number of morpholine rings is 1. The Morgan fingerprint density at radius 1 is 1.07 bits per heavy atom. The number of rotatable bonds is 9. The molecular formula is C23H30N2O4. The molecule has 6 heteroatoms. The molecule has 0 radical (unpaired) electrons. The van der Waals surface area contributed by atoms with E-state index in [9.17, 15) is 4.79 Å². The Kier molecular flexibility index (Phi) is 7.90. The summed E-state index contributed by atoms with van der Waals surface area (Å²) < 4.78 is 16.4. The third-order valence-corrected chi connectivity index (χ3v) is 5.10. The standard InChI is InChI=1S/C23H30N2O4/c1-18-3-7-21(8-4-18)29-14-11-23(26)24-17-22(25-12-15-28-16-13-25)19-5-9-20(27-2)10-6-19/h3-10,22H,11-17H2,1-2H3,(H,24,26)/t22-/m0/s1. The average Bonchev–Trinajstić information content (AvgIpc) is 2.76. The summed E-state index contributed by atoms with van der Waals surface area (Å²) in [6.45, 7) is 6.07. The normalized spacial score (nSPS) is 15.5. The molecule has 2 aromatic rings. The summed E-state index contributed by atoms with van der Waals surface area (Å²) in [6, 6.07) is 16.0. The summed E-state index contributed by atoms with van der Waals surface area (Å²) in [6.07, 6.45) is 0.326. The number of hydrogen-bond acceptors (Lipinski definition) is 5. The van der Waals surface area contributed by atoms with Gasteiger partial charge in [0.25, 0.3) is 0 Å². The van der Waals surface area contributed by atoms with E-state index < -0.39 is 0 Å². The van der Waals surface area contributed by atoms with Crippen LogP contribution in [0, 0.1) is 6.92 Å². The highest BCUT2D eigenvalue weighted by Gasteiger charge is 2.23. The molecule has 2 aromatic carbocycles. The van der Waals surface area contributed by atoms with Gasteiger partial charge in [0, 0.05) is 19.6 Å². The quantitative estimate of drug-likeness (QED) is 0.704. The Morgan fingerprint density at radius 2 is 1.72 bits per heavy atom. The minimum absolute atomic E-state index is 0.0103. The van der Waals surface area contributed by atoms with Crippen LogP contribution in [0.5, 0.6) is 11.5 Å². The SMILES string of the molecule is COc1ccc([C@H](CNC(=O)CCOc2ccc(C)cc2)N2CCOCC2)cc1. The average molecular weight is 399 g/mol. The van der Waals surface area contributed by atoms with E-state index in [0.29, 0.717) is 32.8 Å². The topological polar surface area (TPSA) is 60.0 Å². The molecule has 0 aliphatic carbocycles. The molecule has 1 heterocycles. The smallest absolute Gasteiger partial charge is 0.223 e. The summed E-state index contributed by atoms with van der Waals surface area (Å²) in [7, 11) is 1.66. The van der Waals surface area contributed by atoms with Crippen molar-refractivity contribution in [1.29, 1.82) is 0 Å². The van der Waals surface area contributed by atoms with E-state index in [2.05, 4.69) is 22.3 Å². The first-order chi connectivity index (χ1) is 14.2. The number of amides is 1. The van der Waals surface area contributed by atoms with Gasteiger partial charge in [0.05, 0.1) is 39.4 Å². The van der Waals surface area contributed by atoms with Gasteiger partial charge in [-0.1, -0.05) is 29.8 Å². The predicted octanol–water partition coefficient (Wildman–Crippen LogP) is 2.96. The van der Waals surface area contributed by atoms with E-state index >= 15 is 0 Å². The maximum absolute atomic E-state index is 12.4. The third-order valence-electron chi connectivity index (χ3n) is 5.10. The second-order valence-electron chi connectivity index (χ2n) is 7.15. The van der Waals surface area contributed by atoms with E-state index in [0.717, 1.165) is 30.2 Å². The molecule has 6 nitrogen and oxygen atoms in total. The van der Waals surface area contributed by atoms with Gasteiger partial charge in [-0.25, -0.2) is 0 Å². The molecule has 0 bridgehead atoms. The summed E-state index contributed by atoms with van der Waals surface area (Å²) in [5.41, 5.74) is 2.34. The molecule has 1 aliphatic rings. The molecule has 1 amide bonds. The molecule has 0 aromatic heterocycles. The van der Waals surface area contributed by atoms with Crippen molar-refractivity contribution in [2.24, 2.45) is 0 Å². The monoisotopic (exact) mass is 398 g/mol. The molecule has 0 spiro atoms. The van der Waals surface area contributed by atoms with E-state index in [4.69, 9.17) is 14.2 Å². The van der Waals surface area contributed by atoms with Crippen LogP contribution in [0.3, 0.4) is 0 Å². The number of nitrogens with zero attached hydrogens (tertiary/aromatic N) is 1. The zero-order chi connectivity index (χ0) is 20.5. The van der Waals surface area contributed by atoms with Crippen LogP contribution in [-0.2, 0) is 9.53 Å². The number of carbonyl (C=O) groups excluding carboxylic acids is 1. The van der Waals surface area contributed by atoms with Crippen LogP contribution >= 0.6 is 0 Å². The van der Waals surface area contributed by atoms with Crippen molar-refractivity contribution in [3.05, 3.63) is 59.7 Å². The second kappa shape index (κ2) is 10.8. The van der Waals surface area contributed by atoms with Gasteiger partial charge in [-0.05, 0) is 36.8 Å². The van der Waals surface area contributed by atoms with Crippen molar-refractivity contribution in [3.8, 4) is 11.5 Å². The number of nitrogens with one attached hydrogen (secondary N) is 1. The molecule has 156 valence electrons. The zero-order valence-electron chi connectivity index (χ0n) is 17.2. The van der Waals surface area contributed by atoms with Crippen LogP contribution in [0.25, 0.3) is 0 Å². The molecular weight excluding hydrogens is 368 g/mol. The van der Waals surface area contributed by atoms with Crippen molar-refractivity contribution in [3.63, 3.8) is 0 Å². The van der Waals surface area contributed by atoms with Crippen LogP contribution in [0.4, 0.5) is 0 Å². The highest BCUT2D eigenvalue weighted by atomic mass is 16.5. The highest BCUT2D eigenvalue weighted by molar-refractivity contribution is 5.76. The van der Waals surface area contributed by atoms with Crippen molar-refractivity contribution in [2.45, 2.75) is 19.4 Å². The van der Waals surface area contributed by atoms with Crippen molar-refractivity contribution >= 4 is 5.91 Å². The van der Waals surface area contributed by atoms with E-state index in [-0.39, 0.29) is 11.9 Å². The highest BCUT2D eigenvalue weighted by Crippen LogP contribution is 2.23. The molecule has 0 unspecified atom stereocenters. The van der Waals surface area contributed by atoms with Gasteiger partial charge in [-0.15, -0.1) is 0 Å². The van der Waals surface area contributed by atoms with Gasteiger partial charge >= 0.3 is 0 Å². The lowest BCUT2D eigenvalue weighted by Gasteiger charge is -2.35. The summed E-state index contributed by atoms with van der Waals surface area (Å²) in [5, 5.41) is 3.07. The van der Waals surface area contributed by atoms with Crippen molar-refractivity contribution < 1.29 is 19.0 Å². The van der Waals surface area contributed by atoms with Crippen molar-refractivity contribution in [2.75, 3.05) is 46.6 Å².